The molecule has 18 rings (SSSR count). The number of hydrogen-bond donors (Lipinski definition) is 0. The Morgan fingerprint density at radius 1 is 0.164 bits per heavy atom. The predicted molar refractivity (Wildman–Crippen MR) is 566 cm³/mol. The smallest absolute Gasteiger partial charge is 0.267 e. The van der Waals surface area contributed by atoms with Crippen LogP contribution in [0.4, 0.5) is 34.1 Å². The SMILES string of the molecule is CC(C)c1cccc(C(C)C)c1N1C(=O)c2c(Cl)c(Cl)c3c4c(c(Cl)c(Cl)c(c24)C1=O)C(=O)N(c1c(C(C)C)cccc1C(C)C)C3=O.CC(C)c1cccc(C(C)C)c1N1C(=O)c2cc(Cl)c3c4c(c(Cl)cc(c24)C1=O)C(=O)N(c1c(C(C)C)cccc1C(C)C)C3=O.CC(C)c1cccc(C(C)C)c1N1C(=O)c2cc(Cl)c3c4c(cc(Cl)c(c24)C1=O)C(=O)N(c1c(C(C)C)cccc1C(C)C)C3=O. The van der Waals surface area contributed by atoms with Gasteiger partial charge in [-0.25, -0.2) is 29.4 Å². The number of hydrogen-bond acceptors (Lipinski definition) is 12. The first kappa shape index (κ1) is 102. The van der Waals surface area contributed by atoms with E-state index in [0.717, 1.165) is 76.6 Å². The Bertz CT molecular complexity index is 6970. The molecule has 0 atom stereocenters. The van der Waals surface area contributed by atoms with Crippen molar-refractivity contribution < 1.29 is 57.5 Å². The Hall–Kier alpha value is -11.4. The second-order valence-electron chi connectivity index (χ2n) is 40.4. The third-order valence-corrected chi connectivity index (χ3v) is 30.5. The van der Waals surface area contributed by atoms with Crippen LogP contribution in [-0.4, -0.2) is 70.9 Å². The molecule has 6 aliphatic heterocycles. The minimum absolute atomic E-state index is 0.00248. The number of carbonyl (C=O) groups excluding carboxylic acids is 12. The summed E-state index contributed by atoms with van der Waals surface area (Å²) in [5.41, 5.74) is 13.1. The number of amides is 12. The Balaban J connectivity index is 0.000000151. The minimum Gasteiger partial charge on any atom is -0.268 e. The third-order valence-electron chi connectivity index (χ3n) is 27.6. The molecule has 0 aromatic heterocycles. The van der Waals surface area contributed by atoms with E-state index >= 15 is 0 Å². The maximum atomic E-state index is 14.7. The van der Waals surface area contributed by atoms with Crippen LogP contribution in [0.1, 0.15) is 428 Å². The van der Waals surface area contributed by atoms with E-state index in [1.54, 1.807) is 0 Å². The molecule has 0 bridgehead atoms. The van der Waals surface area contributed by atoms with Gasteiger partial charge in [0.1, 0.15) is 0 Å². The summed E-state index contributed by atoms with van der Waals surface area (Å²) in [6.45, 7) is 47.9. The lowest BCUT2D eigenvalue weighted by Gasteiger charge is -2.37. The molecule has 6 aliphatic rings. The van der Waals surface area contributed by atoms with Gasteiger partial charge in [-0.15, -0.1) is 0 Å². The highest BCUT2D eigenvalue weighted by Gasteiger charge is 2.52. The van der Waals surface area contributed by atoms with Gasteiger partial charge in [0, 0.05) is 32.3 Å². The fourth-order valence-corrected chi connectivity index (χ4v) is 23.1. The van der Waals surface area contributed by atoms with E-state index < -0.39 is 70.9 Å². The molecule has 12 aromatic carbocycles. The zero-order valence-electron chi connectivity index (χ0n) is 82.2. The monoisotopic (exact) mass is 2030 g/mol. The molecule has 12 amide bonds. The van der Waals surface area contributed by atoms with Gasteiger partial charge in [0.05, 0.1) is 141 Å². The second kappa shape index (κ2) is 37.8. The molecule has 26 heteroatoms. The van der Waals surface area contributed by atoms with Crippen molar-refractivity contribution in [3.05, 3.63) is 307 Å². The summed E-state index contributed by atoms with van der Waals surface area (Å²) in [5, 5.41) is -0.0834. The van der Waals surface area contributed by atoms with E-state index in [2.05, 4.69) is 0 Å². The lowest BCUT2D eigenvalue weighted by Crippen LogP contribution is -2.45. The third kappa shape index (κ3) is 15.7. The van der Waals surface area contributed by atoms with Gasteiger partial charge in [0.2, 0.25) is 0 Å². The number of rotatable bonds is 18. The van der Waals surface area contributed by atoms with Gasteiger partial charge in [-0.1, -0.05) is 368 Å². The zero-order valence-corrected chi connectivity index (χ0v) is 88.3. The molecular formula is C114H106Cl8N6O12. The highest BCUT2D eigenvalue weighted by atomic mass is 35.5. The van der Waals surface area contributed by atoms with Crippen molar-refractivity contribution >= 4 is 230 Å². The van der Waals surface area contributed by atoms with Crippen LogP contribution < -0.4 is 29.4 Å². The Morgan fingerprint density at radius 3 is 0.443 bits per heavy atom. The number of carbonyl (C=O) groups is 12. The van der Waals surface area contributed by atoms with Crippen LogP contribution in [0.3, 0.4) is 0 Å². The van der Waals surface area contributed by atoms with E-state index in [-0.39, 0.29) is 210 Å². The topological polar surface area (TPSA) is 224 Å². The number of imide groups is 6. The Kier molecular flexibility index (Phi) is 27.4. The van der Waals surface area contributed by atoms with Crippen LogP contribution in [0, 0.1) is 0 Å². The van der Waals surface area contributed by atoms with Crippen molar-refractivity contribution in [3.8, 4) is 0 Å². The van der Waals surface area contributed by atoms with E-state index in [1.165, 1.54) is 43.9 Å². The van der Waals surface area contributed by atoms with Crippen molar-refractivity contribution in [1.29, 1.82) is 0 Å². The molecule has 12 aromatic rings. The average Bonchev–Trinajstić information content (AvgIpc) is 0.679. The Labute approximate surface area is 854 Å². The molecule has 0 spiro atoms. The maximum Gasteiger partial charge on any atom is 0.267 e. The highest BCUT2D eigenvalue weighted by molar-refractivity contribution is 6.59. The van der Waals surface area contributed by atoms with Crippen LogP contribution in [0.5, 0.6) is 0 Å². The van der Waals surface area contributed by atoms with E-state index in [9.17, 15) is 57.5 Å². The standard InChI is InChI=1S/C38H34Cl4N2O4.2C38H36Cl2N2O4/c1-15(2)19-11-9-12-20(16(3)4)33(19)43-35(45)25-23-24-27(31(41)29(25)39)37(47)44(34-21(17(5)6)13-10-14-22(34)18(7)8)38(48)28(24)32(42)30(40)26(23)36(43)46;1-17(2)21-11-9-12-22(18(3)4)33(21)41-35(43)25-15-28(40)32-30-26(16-27(39)31(29(25)30)37(41)45)36(44)42(38(32)46)34-23(19(5)6)13-10-14-24(34)20(7)8;1-17(2)21-11-9-12-22(18(3)4)33(21)41-35(43)25-15-27(39)30-32-29(25)26(36(41)44)16-28(40)31(32)38(46)42(37(30)45)34-23(19(5)6)13-10-14-24(34)20(7)8/h9-18H,1-8H3;2*9-20H,1-8H3. The molecular weight excluding hydrogens is 1930 g/mol. The van der Waals surface area contributed by atoms with Gasteiger partial charge in [-0.2, -0.15) is 0 Å². The number of nitrogens with zero attached hydrogens (tertiary/aromatic N) is 6. The van der Waals surface area contributed by atoms with Gasteiger partial charge < -0.3 is 0 Å². The molecule has 6 heterocycles. The molecule has 0 fully saturated rings. The van der Waals surface area contributed by atoms with Crippen LogP contribution in [-0.2, 0) is 0 Å². The number of benzene rings is 12. The fraction of sp³-hybridized carbons (Fsp3) is 0.316. The summed E-state index contributed by atoms with van der Waals surface area (Å²) in [6, 6.07) is 40.2. The van der Waals surface area contributed by atoms with Crippen molar-refractivity contribution in [2.24, 2.45) is 0 Å². The largest absolute Gasteiger partial charge is 0.268 e. The molecule has 0 radical (unpaired) electrons. The van der Waals surface area contributed by atoms with Gasteiger partial charge in [0.15, 0.2) is 0 Å². The molecule has 0 aliphatic carbocycles. The first-order valence-electron chi connectivity index (χ1n) is 47.3. The summed E-state index contributed by atoms with van der Waals surface area (Å²) in [5.74, 6) is -7.83. The maximum absolute atomic E-state index is 14.7. The number of anilines is 6. The summed E-state index contributed by atoms with van der Waals surface area (Å²) >= 11 is 55.6. The van der Waals surface area contributed by atoms with Crippen LogP contribution in [0.2, 0.25) is 40.2 Å². The lowest BCUT2D eigenvalue weighted by atomic mass is 9.83. The molecule has 0 unspecified atom stereocenters. The fourth-order valence-electron chi connectivity index (χ4n) is 20.9. The summed E-state index contributed by atoms with van der Waals surface area (Å²) in [4.78, 5) is 181. The van der Waals surface area contributed by atoms with E-state index in [4.69, 9.17) is 92.8 Å². The summed E-state index contributed by atoms with van der Waals surface area (Å²) < 4.78 is 0. The van der Waals surface area contributed by atoms with Crippen LogP contribution >= 0.6 is 92.8 Å². The molecule has 0 saturated carbocycles. The normalized spacial score (nSPS) is 14.7. The van der Waals surface area contributed by atoms with Crippen molar-refractivity contribution in [2.75, 3.05) is 29.4 Å². The number of para-hydroxylation sites is 6. The average molecular weight is 2040 g/mol. The molecule has 140 heavy (non-hydrogen) atoms. The molecule has 0 N–H and O–H groups in total. The zero-order chi connectivity index (χ0) is 102. The second-order valence-corrected chi connectivity index (χ2v) is 43.5. The first-order chi connectivity index (χ1) is 65.9. The van der Waals surface area contributed by atoms with Gasteiger partial charge in [-0.3, -0.25) is 57.5 Å². The van der Waals surface area contributed by atoms with Crippen LogP contribution in [0.25, 0.3) is 32.3 Å². The first-order valence-corrected chi connectivity index (χ1v) is 50.4. The summed E-state index contributed by atoms with van der Waals surface area (Å²) in [7, 11) is 0. The molecule has 18 nitrogen and oxygen atoms in total. The summed E-state index contributed by atoms with van der Waals surface area (Å²) in [6.07, 6.45) is 0. The van der Waals surface area contributed by atoms with E-state index in [1.807, 2.05) is 275 Å². The molecule has 0 saturated heterocycles. The van der Waals surface area contributed by atoms with Gasteiger partial charge in [-0.05, 0) is 162 Å². The van der Waals surface area contributed by atoms with Crippen molar-refractivity contribution in [2.45, 2.75) is 237 Å². The molecule has 720 valence electrons. The van der Waals surface area contributed by atoms with Crippen molar-refractivity contribution in [3.63, 3.8) is 0 Å². The van der Waals surface area contributed by atoms with Crippen LogP contribution in [0.15, 0.2) is 133 Å². The number of halogens is 8. The Morgan fingerprint density at radius 2 is 0.286 bits per heavy atom. The lowest BCUT2D eigenvalue weighted by molar-refractivity contribution is 0.0872. The van der Waals surface area contributed by atoms with Gasteiger partial charge >= 0.3 is 0 Å². The van der Waals surface area contributed by atoms with Gasteiger partial charge in [0.25, 0.3) is 70.9 Å². The van der Waals surface area contributed by atoms with Crippen molar-refractivity contribution in [1.82, 2.24) is 0 Å². The predicted octanol–water partition coefficient (Wildman–Crippen LogP) is 32.0. The quantitative estimate of drug-likeness (QED) is 0.0732. The highest BCUT2D eigenvalue weighted by Crippen LogP contribution is 2.57. The van der Waals surface area contributed by atoms with E-state index in [0.29, 0.717) is 34.1 Å². The minimum atomic E-state index is -0.736.